The Morgan fingerprint density at radius 1 is 0.977 bits per heavy atom. The third-order valence-electron chi connectivity index (χ3n) is 7.16. The van der Waals surface area contributed by atoms with Crippen molar-refractivity contribution in [3.05, 3.63) is 94.1 Å². The van der Waals surface area contributed by atoms with E-state index in [1.807, 2.05) is 48.5 Å². The Labute approximate surface area is 257 Å². The molecule has 0 aliphatic carbocycles. The maximum absolute atomic E-state index is 13.1. The van der Waals surface area contributed by atoms with Gasteiger partial charge in [0.2, 0.25) is 0 Å². The van der Waals surface area contributed by atoms with Crippen LogP contribution in [0.1, 0.15) is 22.3 Å². The fraction of sp³-hybridized carbons (Fsp3) is 0.312. The maximum Gasteiger partial charge on any atom is 0.261 e. The molecule has 12 heteroatoms. The summed E-state index contributed by atoms with van der Waals surface area (Å²) in [6.07, 6.45) is 1.55. The van der Waals surface area contributed by atoms with Gasteiger partial charge in [0.05, 0.1) is 30.0 Å². The number of nitrogens with one attached hydrogen (secondary N) is 1. The SMILES string of the molecule is COc1ccccc1N1CCN(CCCNC(=O)c2cccc3c(=O)c(C)c(-c4ccccc4)oc23)CC1.CS(=O)(=O)O.O. The Morgan fingerprint density at radius 3 is 2.27 bits per heavy atom. The van der Waals surface area contributed by atoms with Gasteiger partial charge in [-0.3, -0.25) is 19.0 Å². The molecular formula is C32H39N3O8S. The molecule has 1 aromatic heterocycles. The number of amides is 1. The summed E-state index contributed by atoms with van der Waals surface area (Å²) >= 11 is 0. The topological polar surface area (TPSA) is 161 Å². The van der Waals surface area contributed by atoms with Crippen LogP contribution in [-0.4, -0.2) is 81.9 Å². The summed E-state index contributed by atoms with van der Waals surface area (Å²) in [4.78, 5) is 31.0. The van der Waals surface area contributed by atoms with Crippen molar-refractivity contribution in [2.45, 2.75) is 13.3 Å². The normalized spacial score (nSPS) is 13.4. The fourth-order valence-corrected chi connectivity index (χ4v) is 5.06. The third kappa shape index (κ3) is 8.89. The largest absolute Gasteiger partial charge is 0.495 e. The molecular weight excluding hydrogens is 586 g/mol. The van der Waals surface area contributed by atoms with E-state index < -0.39 is 10.1 Å². The third-order valence-corrected chi connectivity index (χ3v) is 7.16. The molecule has 1 aliphatic heterocycles. The first-order valence-corrected chi connectivity index (χ1v) is 15.8. The number of carbonyl (C=O) groups is 1. The molecule has 2 heterocycles. The second kappa shape index (κ2) is 15.5. The highest BCUT2D eigenvalue weighted by Crippen LogP contribution is 2.29. The standard InChI is InChI=1S/C31H33N3O4.CH4O3S.H2O/c1-22-28(35)24-12-8-13-25(30(24)38-29(22)23-10-4-3-5-11-23)31(36)32-16-9-17-33-18-20-34(21-19-33)26-14-6-7-15-27(26)37-2;1-5(2,3)4;/h3-8,10-15H,9,16-21H2,1-2H3,(H,32,36);1H3,(H,2,3,4);1H2. The number of nitrogens with zero attached hydrogens (tertiary/aromatic N) is 2. The zero-order chi connectivity index (χ0) is 31.0. The first kappa shape index (κ1) is 34.3. The van der Waals surface area contributed by atoms with Crippen molar-refractivity contribution < 1.29 is 32.4 Å². The van der Waals surface area contributed by atoms with Gasteiger partial charge >= 0.3 is 0 Å². The lowest BCUT2D eigenvalue weighted by Gasteiger charge is -2.36. The van der Waals surface area contributed by atoms with Gasteiger partial charge in [0.15, 0.2) is 11.0 Å². The summed E-state index contributed by atoms with van der Waals surface area (Å²) in [7, 11) is -1.96. The Hall–Kier alpha value is -4.23. The van der Waals surface area contributed by atoms with Crippen LogP contribution in [0.15, 0.2) is 82.0 Å². The fourth-order valence-electron chi connectivity index (χ4n) is 5.06. The van der Waals surface area contributed by atoms with Gasteiger partial charge in [-0.1, -0.05) is 48.5 Å². The molecule has 1 saturated heterocycles. The summed E-state index contributed by atoms with van der Waals surface area (Å²) in [5.41, 5.74) is 3.06. The summed E-state index contributed by atoms with van der Waals surface area (Å²) < 4.78 is 37.6. The zero-order valence-electron chi connectivity index (χ0n) is 25.1. The van der Waals surface area contributed by atoms with Gasteiger partial charge in [0.1, 0.15) is 11.5 Å². The number of anilines is 1. The Balaban J connectivity index is 0.000000817. The van der Waals surface area contributed by atoms with E-state index in [0.717, 1.165) is 56.1 Å². The average Bonchev–Trinajstić information content (AvgIpc) is 3.00. The van der Waals surface area contributed by atoms with Gasteiger partial charge < -0.3 is 24.8 Å². The van der Waals surface area contributed by atoms with Crippen LogP contribution in [0.5, 0.6) is 5.75 Å². The molecule has 0 unspecified atom stereocenters. The van der Waals surface area contributed by atoms with E-state index in [-0.39, 0.29) is 16.8 Å². The first-order chi connectivity index (χ1) is 20.6. The quantitative estimate of drug-likeness (QED) is 0.221. The molecule has 0 spiro atoms. The molecule has 1 fully saturated rings. The lowest BCUT2D eigenvalue weighted by Crippen LogP contribution is -2.47. The minimum Gasteiger partial charge on any atom is -0.495 e. The number of methoxy groups -OCH3 is 1. The molecule has 236 valence electrons. The molecule has 5 rings (SSSR count). The highest BCUT2D eigenvalue weighted by molar-refractivity contribution is 7.85. The van der Waals surface area contributed by atoms with Crippen LogP contribution in [0, 0.1) is 6.92 Å². The van der Waals surface area contributed by atoms with Gasteiger partial charge in [0, 0.05) is 43.9 Å². The number of hydrogen-bond donors (Lipinski definition) is 2. The van der Waals surface area contributed by atoms with E-state index in [0.29, 0.717) is 40.7 Å². The van der Waals surface area contributed by atoms with Gasteiger partial charge in [-0.2, -0.15) is 8.42 Å². The summed E-state index contributed by atoms with van der Waals surface area (Å²) in [5.74, 6) is 1.16. The Bertz CT molecular complexity index is 1710. The van der Waals surface area contributed by atoms with Crippen molar-refractivity contribution in [2.24, 2.45) is 0 Å². The summed E-state index contributed by atoms with van der Waals surface area (Å²) in [5, 5.41) is 3.44. The molecule has 4 aromatic rings. The summed E-state index contributed by atoms with van der Waals surface area (Å²) in [6, 6.07) is 22.8. The Kier molecular flexibility index (Phi) is 12.1. The minimum atomic E-state index is -3.67. The van der Waals surface area contributed by atoms with E-state index in [1.165, 1.54) is 0 Å². The van der Waals surface area contributed by atoms with Crippen LogP contribution in [0.25, 0.3) is 22.3 Å². The molecule has 44 heavy (non-hydrogen) atoms. The number of benzene rings is 3. The smallest absolute Gasteiger partial charge is 0.261 e. The van der Waals surface area contributed by atoms with E-state index in [1.54, 1.807) is 32.2 Å². The molecule has 1 amide bonds. The number of rotatable bonds is 8. The first-order valence-electron chi connectivity index (χ1n) is 14.0. The van der Waals surface area contributed by atoms with E-state index >= 15 is 0 Å². The highest BCUT2D eigenvalue weighted by atomic mass is 32.2. The van der Waals surface area contributed by atoms with Crippen molar-refractivity contribution in [3.8, 4) is 17.1 Å². The van der Waals surface area contributed by atoms with Crippen LogP contribution in [0.2, 0.25) is 0 Å². The molecule has 4 N–H and O–H groups in total. The predicted molar refractivity (Wildman–Crippen MR) is 172 cm³/mol. The van der Waals surface area contributed by atoms with Crippen molar-refractivity contribution in [1.29, 1.82) is 0 Å². The van der Waals surface area contributed by atoms with Crippen LogP contribution in [0.4, 0.5) is 5.69 Å². The number of piperazine rings is 1. The summed E-state index contributed by atoms with van der Waals surface area (Å²) in [6.45, 7) is 7.00. The van der Waals surface area contributed by atoms with Gasteiger partial charge in [-0.15, -0.1) is 0 Å². The van der Waals surface area contributed by atoms with Crippen molar-refractivity contribution in [1.82, 2.24) is 10.2 Å². The molecule has 1 aliphatic rings. The molecule has 0 saturated carbocycles. The van der Waals surface area contributed by atoms with Crippen molar-refractivity contribution >= 4 is 32.7 Å². The highest BCUT2D eigenvalue weighted by Gasteiger charge is 2.20. The Morgan fingerprint density at radius 2 is 1.61 bits per heavy atom. The molecule has 0 radical (unpaired) electrons. The number of carbonyl (C=O) groups excluding carboxylic acids is 1. The monoisotopic (exact) mass is 625 g/mol. The van der Waals surface area contributed by atoms with E-state index in [9.17, 15) is 18.0 Å². The lowest BCUT2D eigenvalue weighted by atomic mass is 10.0. The second-order valence-electron chi connectivity index (χ2n) is 10.3. The van der Waals surface area contributed by atoms with Gasteiger partial charge in [-0.25, -0.2) is 0 Å². The molecule has 0 bridgehead atoms. The number of fused-ring (bicyclic) bond motifs is 1. The minimum absolute atomic E-state index is 0. The van der Waals surface area contributed by atoms with E-state index in [4.69, 9.17) is 13.7 Å². The number of ether oxygens (including phenoxy) is 1. The maximum atomic E-state index is 13.1. The van der Waals surface area contributed by atoms with Crippen LogP contribution in [-0.2, 0) is 10.1 Å². The molecule has 11 nitrogen and oxygen atoms in total. The average molecular weight is 626 g/mol. The van der Waals surface area contributed by atoms with Crippen molar-refractivity contribution in [2.75, 3.05) is 57.5 Å². The number of hydrogen-bond acceptors (Lipinski definition) is 8. The van der Waals surface area contributed by atoms with E-state index in [2.05, 4.69) is 21.2 Å². The molecule has 0 atom stereocenters. The van der Waals surface area contributed by atoms with Crippen LogP contribution >= 0.6 is 0 Å². The van der Waals surface area contributed by atoms with Gasteiger partial charge in [0.25, 0.3) is 16.0 Å². The van der Waals surface area contributed by atoms with Crippen molar-refractivity contribution in [3.63, 3.8) is 0 Å². The van der Waals surface area contributed by atoms with Crippen LogP contribution < -0.4 is 20.4 Å². The lowest BCUT2D eigenvalue weighted by molar-refractivity contribution is 0.0952. The second-order valence-corrected chi connectivity index (χ2v) is 11.7. The number of para-hydroxylation sites is 3. The zero-order valence-corrected chi connectivity index (χ0v) is 25.9. The van der Waals surface area contributed by atoms with Crippen LogP contribution in [0.3, 0.4) is 0 Å². The van der Waals surface area contributed by atoms with Gasteiger partial charge in [-0.05, 0) is 44.2 Å². The molecule has 3 aromatic carbocycles. The predicted octanol–water partition coefficient (Wildman–Crippen LogP) is 3.40.